The van der Waals surface area contributed by atoms with Crippen molar-refractivity contribution < 1.29 is 36.6 Å². The van der Waals surface area contributed by atoms with Crippen molar-refractivity contribution in [2.45, 2.75) is 6.18 Å². The maximum absolute atomic E-state index is 14.7. The third-order valence-electron chi connectivity index (χ3n) is 4.32. The summed E-state index contributed by atoms with van der Waals surface area (Å²) >= 11 is 0. The van der Waals surface area contributed by atoms with E-state index in [1.165, 1.54) is 18.1 Å². The van der Waals surface area contributed by atoms with Crippen molar-refractivity contribution in [3.8, 4) is 11.6 Å². The van der Waals surface area contributed by atoms with E-state index in [-0.39, 0.29) is 22.9 Å². The lowest BCUT2D eigenvalue weighted by molar-refractivity contribution is -0.139. The number of morpholine rings is 1. The monoisotopic (exact) mass is 430 g/mol. The molecule has 30 heavy (non-hydrogen) atoms. The van der Waals surface area contributed by atoms with Gasteiger partial charge in [0.05, 0.1) is 38.7 Å². The summed E-state index contributed by atoms with van der Waals surface area (Å²) in [6.07, 6.45) is -4.15. The van der Waals surface area contributed by atoms with Crippen LogP contribution in [0.1, 0.15) is 15.9 Å². The second-order valence-electron chi connectivity index (χ2n) is 6.18. The molecule has 1 aromatic heterocycles. The van der Waals surface area contributed by atoms with Crippen LogP contribution in [-0.4, -0.2) is 61.3 Å². The zero-order valence-corrected chi connectivity index (χ0v) is 16.0. The van der Waals surface area contributed by atoms with Crippen LogP contribution in [0, 0.1) is 5.82 Å². The fourth-order valence-corrected chi connectivity index (χ4v) is 2.82. The molecule has 1 saturated heterocycles. The first-order valence-corrected chi connectivity index (χ1v) is 8.74. The van der Waals surface area contributed by atoms with Crippen molar-refractivity contribution in [2.75, 3.05) is 45.8 Å². The Morgan fingerprint density at radius 3 is 2.50 bits per heavy atom. The van der Waals surface area contributed by atoms with E-state index in [9.17, 15) is 22.4 Å². The van der Waals surface area contributed by atoms with Crippen LogP contribution < -0.4 is 14.8 Å². The van der Waals surface area contributed by atoms with Gasteiger partial charge in [-0.3, -0.25) is 4.79 Å². The minimum absolute atomic E-state index is 0.0235. The summed E-state index contributed by atoms with van der Waals surface area (Å²) in [5.41, 5.74) is -1.33. The summed E-state index contributed by atoms with van der Waals surface area (Å²) in [5.74, 6) is -2.25. The molecule has 1 N–H and O–H groups in total. The number of rotatable bonds is 5. The van der Waals surface area contributed by atoms with E-state index < -0.39 is 29.3 Å². The Morgan fingerprint density at radius 1 is 1.20 bits per heavy atom. The SMILES string of the molecule is COc1cc(C(=O)N2CCOCC2)c(F)cc1Nc1ncc(C(F)(F)F)c(OC)n1. The van der Waals surface area contributed by atoms with Crippen LogP contribution in [0.4, 0.5) is 29.2 Å². The van der Waals surface area contributed by atoms with Crippen molar-refractivity contribution in [3.05, 3.63) is 35.3 Å². The van der Waals surface area contributed by atoms with Crippen LogP contribution in [0.5, 0.6) is 11.6 Å². The highest BCUT2D eigenvalue weighted by Gasteiger charge is 2.36. The Hall–Kier alpha value is -3.15. The number of hydrogen-bond acceptors (Lipinski definition) is 7. The minimum Gasteiger partial charge on any atom is -0.495 e. The van der Waals surface area contributed by atoms with Gasteiger partial charge < -0.3 is 24.4 Å². The molecule has 1 fully saturated rings. The molecule has 0 unspecified atom stereocenters. The van der Waals surface area contributed by atoms with Gasteiger partial charge in [-0.05, 0) is 6.07 Å². The van der Waals surface area contributed by atoms with Crippen LogP contribution in [0.2, 0.25) is 0 Å². The Labute approximate surface area is 168 Å². The molecular formula is C18H18F4N4O4. The summed E-state index contributed by atoms with van der Waals surface area (Å²) < 4.78 is 68.5. The highest BCUT2D eigenvalue weighted by Crippen LogP contribution is 2.36. The van der Waals surface area contributed by atoms with Gasteiger partial charge in [0, 0.05) is 25.4 Å². The molecule has 0 radical (unpaired) electrons. The normalized spacial score (nSPS) is 14.4. The topological polar surface area (TPSA) is 85.8 Å². The van der Waals surface area contributed by atoms with Crippen molar-refractivity contribution in [3.63, 3.8) is 0 Å². The lowest BCUT2D eigenvalue weighted by Gasteiger charge is -2.27. The van der Waals surface area contributed by atoms with E-state index in [4.69, 9.17) is 9.47 Å². The molecule has 0 bridgehead atoms. The molecule has 0 atom stereocenters. The van der Waals surface area contributed by atoms with Gasteiger partial charge in [0.1, 0.15) is 17.1 Å². The number of halogens is 4. The molecule has 1 aromatic carbocycles. The van der Waals surface area contributed by atoms with Gasteiger partial charge in [0.15, 0.2) is 0 Å². The number of hydrogen-bond donors (Lipinski definition) is 1. The largest absolute Gasteiger partial charge is 0.495 e. The number of alkyl halides is 3. The Kier molecular flexibility index (Phi) is 6.25. The first-order chi connectivity index (χ1) is 14.2. The molecule has 2 heterocycles. The molecule has 2 aromatic rings. The number of carbonyl (C=O) groups is 1. The number of nitrogens with one attached hydrogen (secondary N) is 1. The molecule has 162 valence electrons. The number of amides is 1. The first kappa shape index (κ1) is 21.6. The quantitative estimate of drug-likeness (QED) is 0.730. The average molecular weight is 430 g/mol. The number of benzene rings is 1. The Bertz CT molecular complexity index is 933. The van der Waals surface area contributed by atoms with Crippen LogP contribution in [-0.2, 0) is 10.9 Å². The maximum atomic E-state index is 14.7. The second kappa shape index (κ2) is 8.69. The predicted octanol–water partition coefficient (Wildman–Crippen LogP) is 2.87. The molecule has 1 aliphatic heterocycles. The predicted molar refractivity (Wildman–Crippen MR) is 96.5 cm³/mol. The standard InChI is InChI=1S/C18H18F4N4O4/c1-28-14-7-10(16(27)26-3-5-30-6-4-26)12(19)8-13(14)24-17-23-9-11(18(20,21)22)15(25-17)29-2/h7-9H,3-6H2,1-2H3,(H,23,24,25). The van der Waals surface area contributed by atoms with E-state index in [1.807, 2.05) is 0 Å². The van der Waals surface area contributed by atoms with Crippen molar-refractivity contribution in [1.82, 2.24) is 14.9 Å². The van der Waals surface area contributed by atoms with Crippen LogP contribution in [0.25, 0.3) is 0 Å². The van der Waals surface area contributed by atoms with Crippen LogP contribution in [0.15, 0.2) is 18.3 Å². The molecule has 8 nitrogen and oxygen atoms in total. The molecule has 0 saturated carbocycles. The van der Waals surface area contributed by atoms with Crippen LogP contribution >= 0.6 is 0 Å². The number of methoxy groups -OCH3 is 2. The zero-order chi connectivity index (χ0) is 21.9. The molecule has 0 aliphatic carbocycles. The van der Waals surface area contributed by atoms with E-state index in [1.54, 1.807) is 0 Å². The Morgan fingerprint density at radius 2 is 1.90 bits per heavy atom. The molecule has 1 amide bonds. The average Bonchev–Trinajstić information content (AvgIpc) is 2.73. The van der Waals surface area contributed by atoms with Gasteiger partial charge in [-0.1, -0.05) is 0 Å². The molecule has 12 heteroatoms. The Balaban J connectivity index is 1.90. The highest BCUT2D eigenvalue weighted by atomic mass is 19.4. The smallest absolute Gasteiger partial charge is 0.423 e. The third-order valence-corrected chi connectivity index (χ3v) is 4.32. The second-order valence-corrected chi connectivity index (χ2v) is 6.18. The summed E-state index contributed by atoms with van der Waals surface area (Å²) in [7, 11) is 2.34. The minimum atomic E-state index is -4.70. The van der Waals surface area contributed by atoms with Gasteiger partial charge in [-0.25, -0.2) is 9.37 Å². The summed E-state index contributed by atoms with van der Waals surface area (Å²) in [6.45, 7) is 1.38. The summed E-state index contributed by atoms with van der Waals surface area (Å²) in [5, 5.41) is 2.58. The summed E-state index contributed by atoms with van der Waals surface area (Å²) in [6, 6.07) is 2.19. The number of ether oxygens (including phenoxy) is 3. The first-order valence-electron chi connectivity index (χ1n) is 8.74. The van der Waals surface area contributed by atoms with E-state index in [0.29, 0.717) is 32.5 Å². The van der Waals surface area contributed by atoms with E-state index in [2.05, 4.69) is 20.0 Å². The fraction of sp³-hybridized carbons (Fsp3) is 0.389. The number of nitrogens with zero attached hydrogens (tertiary/aromatic N) is 3. The highest BCUT2D eigenvalue weighted by molar-refractivity contribution is 5.95. The lowest BCUT2D eigenvalue weighted by atomic mass is 10.1. The number of aromatic nitrogens is 2. The van der Waals surface area contributed by atoms with Gasteiger partial charge in [-0.15, -0.1) is 0 Å². The fourth-order valence-electron chi connectivity index (χ4n) is 2.82. The van der Waals surface area contributed by atoms with Crippen molar-refractivity contribution in [2.24, 2.45) is 0 Å². The number of anilines is 2. The zero-order valence-electron chi connectivity index (χ0n) is 16.0. The molecular weight excluding hydrogens is 412 g/mol. The van der Waals surface area contributed by atoms with Crippen molar-refractivity contribution in [1.29, 1.82) is 0 Å². The third kappa shape index (κ3) is 4.53. The van der Waals surface area contributed by atoms with Gasteiger partial charge >= 0.3 is 6.18 Å². The molecule has 1 aliphatic rings. The molecule has 0 spiro atoms. The number of carbonyl (C=O) groups excluding carboxylic acids is 1. The van der Waals surface area contributed by atoms with E-state index >= 15 is 0 Å². The van der Waals surface area contributed by atoms with E-state index in [0.717, 1.165) is 13.2 Å². The van der Waals surface area contributed by atoms with Crippen molar-refractivity contribution >= 4 is 17.5 Å². The summed E-state index contributed by atoms with van der Waals surface area (Å²) in [4.78, 5) is 21.3. The lowest BCUT2D eigenvalue weighted by Crippen LogP contribution is -2.41. The maximum Gasteiger partial charge on any atom is 0.423 e. The molecule has 3 rings (SSSR count). The van der Waals surface area contributed by atoms with Gasteiger partial charge in [0.25, 0.3) is 5.91 Å². The van der Waals surface area contributed by atoms with Gasteiger partial charge in [-0.2, -0.15) is 18.2 Å². The van der Waals surface area contributed by atoms with Crippen LogP contribution in [0.3, 0.4) is 0 Å². The van der Waals surface area contributed by atoms with Gasteiger partial charge in [0.2, 0.25) is 11.8 Å².